The van der Waals surface area contributed by atoms with Crippen LogP contribution < -0.4 is 11.1 Å². The fraction of sp³-hybridized carbons (Fsp3) is 0.917. The molecule has 0 bridgehead atoms. The van der Waals surface area contributed by atoms with Gasteiger partial charge in [0.25, 0.3) is 0 Å². The predicted octanol–water partition coefficient (Wildman–Crippen LogP) is 0.716. The second-order valence-corrected chi connectivity index (χ2v) is 4.77. The smallest absolute Gasteiger partial charge is 0.221 e. The lowest BCUT2D eigenvalue weighted by Gasteiger charge is -2.37. The van der Waals surface area contributed by atoms with Crippen LogP contribution in [-0.4, -0.2) is 42.5 Å². The monoisotopic (exact) mass is 227 g/mol. The van der Waals surface area contributed by atoms with Crippen LogP contribution in [0.25, 0.3) is 0 Å². The number of amides is 1. The first-order valence-corrected chi connectivity index (χ1v) is 6.37. The molecule has 0 radical (unpaired) electrons. The molecule has 4 nitrogen and oxygen atoms in total. The fourth-order valence-electron chi connectivity index (χ4n) is 2.08. The first-order chi connectivity index (χ1) is 7.59. The van der Waals surface area contributed by atoms with Gasteiger partial charge < -0.3 is 16.0 Å². The van der Waals surface area contributed by atoms with E-state index < -0.39 is 0 Å². The number of nitrogens with zero attached hydrogens (tertiary/aromatic N) is 1. The molecule has 0 saturated heterocycles. The second kappa shape index (κ2) is 6.21. The molecule has 94 valence electrons. The minimum absolute atomic E-state index is 0.106. The highest BCUT2D eigenvalue weighted by atomic mass is 16.1. The third kappa shape index (κ3) is 4.10. The highest BCUT2D eigenvalue weighted by Crippen LogP contribution is 2.31. The predicted molar refractivity (Wildman–Crippen MR) is 66.2 cm³/mol. The average Bonchev–Trinajstić information content (AvgIpc) is 2.22. The van der Waals surface area contributed by atoms with Gasteiger partial charge in [-0.05, 0) is 32.4 Å². The molecule has 0 aromatic carbocycles. The maximum absolute atomic E-state index is 11.6. The van der Waals surface area contributed by atoms with Crippen molar-refractivity contribution in [3.8, 4) is 0 Å². The van der Waals surface area contributed by atoms with Crippen LogP contribution >= 0.6 is 0 Å². The van der Waals surface area contributed by atoms with E-state index in [0.29, 0.717) is 6.42 Å². The lowest BCUT2D eigenvalue weighted by molar-refractivity contribution is -0.123. The summed E-state index contributed by atoms with van der Waals surface area (Å²) < 4.78 is 0. The molecule has 0 unspecified atom stereocenters. The van der Waals surface area contributed by atoms with E-state index in [4.69, 9.17) is 5.73 Å². The van der Waals surface area contributed by atoms with Gasteiger partial charge in [-0.2, -0.15) is 0 Å². The van der Waals surface area contributed by atoms with Crippen molar-refractivity contribution < 1.29 is 4.79 Å². The van der Waals surface area contributed by atoms with Crippen molar-refractivity contribution in [2.45, 2.75) is 45.1 Å². The Kier molecular flexibility index (Phi) is 5.22. The lowest BCUT2D eigenvalue weighted by Crippen LogP contribution is -2.50. The molecule has 1 amide bonds. The maximum atomic E-state index is 11.6. The number of hydrogen-bond donors (Lipinski definition) is 2. The molecule has 1 fully saturated rings. The Morgan fingerprint density at radius 1 is 1.38 bits per heavy atom. The van der Waals surface area contributed by atoms with E-state index in [2.05, 4.69) is 24.1 Å². The molecule has 16 heavy (non-hydrogen) atoms. The highest BCUT2D eigenvalue weighted by Gasteiger charge is 2.34. The van der Waals surface area contributed by atoms with E-state index in [1.807, 2.05) is 0 Å². The Bertz CT molecular complexity index is 222. The van der Waals surface area contributed by atoms with Gasteiger partial charge in [-0.25, -0.2) is 0 Å². The van der Waals surface area contributed by atoms with Crippen molar-refractivity contribution in [1.82, 2.24) is 10.2 Å². The van der Waals surface area contributed by atoms with Crippen LogP contribution in [0.4, 0.5) is 0 Å². The zero-order chi connectivity index (χ0) is 12.0. The summed E-state index contributed by atoms with van der Waals surface area (Å²) in [7, 11) is 0. The van der Waals surface area contributed by atoms with Crippen molar-refractivity contribution in [3.05, 3.63) is 0 Å². The first kappa shape index (κ1) is 13.5. The molecular weight excluding hydrogens is 202 g/mol. The molecule has 1 saturated carbocycles. The van der Waals surface area contributed by atoms with Crippen molar-refractivity contribution in [2.75, 3.05) is 26.2 Å². The molecule has 4 heteroatoms. The number of nitrogens with one attached hydrogen (secondary N) is 1. The summed E-state index contributed by atoms with van der Waals surface area (Å²) in [6.45, 7) is 8.00. The third-order valence-corrected chi connectivity index (χ3v) is 3.51. The summed E-state index contributed by atoms with van der Waals surface area (Å²) in [4.78, 5) is 13.9. The molecule has 0 spiro atoms. The number of carbonyl (C=O) groups is 1. The van der Waals surface area contributed by atoms with Gasteiger partial charge in [0.1, 0.15) is 0 Å². The molecule has 1 rings (SSSR count). The lowest BCUT2D eigenvalue weighted by atomic mass is 9.75. The zero-order valence-electron chi connectivity index (χ0n) is 10.6. The van der Waals surface area contributed by atoms with Gasteiger partial charge in [0.15, 0.2) is 0 Å². The number of nitrogens with two attached hydrogens (primary N) is 1. The van der Waals surface area contributed by atoms with Crippen molar-refractivity contribution in [1.29, 1.82) is 0 Å². The van der Waals surface area contributed by atoms with E-state index in [1.54, 1.807) is 0 Å². The Labute approximate surface area is 98.6 Å². The van der Waals surface area contributed by atoms with Gasteiger partial charge in [0.2, 0.25) is 5.91 Å². The molecule has 0 atom stereocenters. The Morgan fingerprint density at radius 3 is 2.44 bits per heavy atom. The van der Waals surface area contributed by atoms with E-state index in [1.165, 1.54) is 6.42 Å². The minimum atomic E-state index is -0.195. The molecule has 0 aliphatic heterocycles. The summed E-state index contributed by atoms with van der Waals surface area (Å²) in [6, 6.07) is 0. The molecule has 1 aliphatic rings. The van der Waals surface area contributed by atoms with Crippen molar-refractivity contribution in [2.24, 2.45) is 5.73 Å². The minimum Gasteiger partial charge on any atom is -0.355 e. The molecule has 3 N–H and O–H groups in total. The van der Waals surface area contributed by atoms with Gasteiger partial charge in [0, 0.05) is 25.0 Å². The van der Waals surface area contributed by atoms with Gasteiger partial charge in [-0.1, -0.05) is 13.8 Å². The highest BCUT2D eigenvalue weighted by molar-refractivity contribution is 5.77. The largest absolute Gasteiger partial charge is 0.355 e. The number of carbonyl (C=O) groups excluding carboxylic acids is 1. The summed E-state index contributed by atoms with van der Waals surface area (Å²) in [5, 5.41) is 2.95. The zero-order valence-corrected chi connectivity index (χ0v) is 10.6. The summed E-state index contributed by atoms with van der Waals surface area (Å²) >= 11 is 0. The maximum Gasteiger partial charge on any atom is 0.221 e. The first-order valence-electron chi connectivity index (χ1n) is 6.37. The van der Waals surface area contributed by atoms with Crippen LogP contribution in [-0.2, 0) is 4.79 Å². The van der Waals surface area contributed by atoms with Crippen LogP contribution in [0.1, 0.15) is 39.5 Å². The molecular formula is C12H25N3O. The Balaban J connectivity index is 2.10. The molecule has 0 aromatic heterocycles. The SMILES string of the molecule is CCN(CC)CCNC(=O)CC1(N)CCC1. The number of likely N-dealkylation sites (N-methyl/N-ethyl adjacent to an activating group) is 1. The molecule has 0 aromatic rings. The van der Waals surface area contributed by atoms with E-state index in [9.17, 15) is 4.79 Å². The third-order valence-electron chi connectivity index (χ3n) is 3.51. The fourth-order valence-corrected chi connectivity index (χ4v) is 2.08. The van der Waals surface area contributed by atoms with Gasteiger partial charge in [-0.15, -0.1) is 0 Å². The van der Waals surface area contributed by atoms with Crippen LogP contribution in [0.15, 0.2) is 0 Å². The van der Waals surface area contributed by atoms with Gasteiger partial charge in [-0.3, -0.25) is 4.79 Å². The van der Waals surface area contributed by atoms with Crippen LogP contribution in [0, 0.1) is 0 Å². The van der Waals surface area contributed by atoms with Gasteiger partial charge in [0.05, 0.1) is 0 Å². The van der Waals surface area contributed by atoms with Crippen LogP contribution in [0.3, 0.4) is 0 Å². The van der Waals surface area contributed by atoms with Crippen LogP contribution in [0.2, 0.25) is 0 Å². The second-order valence-electron chi connectivity index (χ2n) is 4.77. The quantitative estimate of drug-likeness (QED) is 0.673. The Hall–Kier alpha value is -0.610. The number of hydrogen-bond acceptors (Lipinski definition) is 3. The standard InChI is InChI=1S/C12H25N3O/c1-3-15(4-2)9-8-14-11(16)10-12(13)6-5-7-12/h3-10,13H2,1-2H3,(H,14,16). The topological polar surface area (TPSA) is 58.4 Å². The summed E-state index contributed by atoms with van der Waals surface area (Å²) in [5.41, 5.74) is 5.82. The van der Waals surface area contributed by atoms with Crippen LogP contribution in [0.5, 0.6) is 0 Å². The summed E-state index contributed by atoms with van der Waals surface area (Å²) in [6.07, 6.45) is 3.65. The normalized spacial score (nSPS) is 18.2. The average molecular weight is 227 g/mol. The van der Waals surface area contributed by atoms with E-state index in [-0.39, 0.29) is 11.4 Å². The van der Waals surface area contributed by atoms with Crippen molar-refractivity contribution in [3.63, 3.8) is 0 Å². The Morgan fingerprint density at radius 2 is 2.00 bits per heavy atom. The molecule has 0 heterocycles. The van der Waals surface area contributed by atoms with E-state index in [0.717, 1.165) is 39.0 Å². The van der Waals surface area contributed by atoms with Crippen molar-refractivity contribution >= 4 is 5.91 Å². The number of rotatable bonds is 7. The molecule has 1 aliphatic carbocycles. The summed E-state index contributed by atoms with van der Waals surface area (Å²) in [5.74, 6) is 0.106. The van der Waals surface area contributed by atoms with E-state index >= 15 is 0 Å². The van der Waals surface area contributed by atoms with Gasteiger partial charge >= 0.3 is 0 Å².